The quantitative estimate of drug-likeness (QED) is 0.260. The van der Waals surface area contributed by atoms with Crippen molar-refractivity contribution in [1.29, 1.82) is 0 Å². The number of hydrogen-bond donors (Lipinski definition) is 2. The van der Waals surface area contributed by atoms with Gasteiger partial charge in [-0.15, -0.1) is 22.7 Å². The second-order valence-electron chi connectivity index (χ2n) is 7.62. The lowest BCUT2D eigenvalue weighted by Crippen LogP contribution is -2.45. The van der Waals surface area contributed by atoms with Gasteiger partial charge in [0.05, 0.1) is 26.3 Å². The molecule has 0 aliphatic heterocycles. The molecule has 5 nitrogen and oxygen atoms in total. The van der Waals surface area contributed by atoms with Gasteiger partial charge in [-0.3, -0.25) is 4.79 Å². The molecule has 32 heavy (non-hydrogen) atoms. The number of anilines is 1. The van der Waals surface area contributed by atoms with Crippen LogP contribution in [-0.2, 0) is 21.9 Å². The number of carbonyl (C=O) groups is 1. The lowest BCUT2D eigenvalue weighted by Gasteiger charge is -2.34. The number of benzene rings is 1. The lowest BCUT2D eigenvalue weighted by atomic mass is 9.79. The summed E-state index contributed by atoms with van der Waals surface area (Å²) in [7, 11) is 0. The van der Waals surface area contributed by atoms with Gasteiger partial charge in [0, 0.05) is 23.9 Å². The molecule has 0 radical (unpaired) electrons. The highest BCUT2D eigenvalue weighted by molar-refractivity contribution is 14.1. The molecule has 0 unspecified atom stereocenters. The van der Waals surface area contributed by atoms with E-state index in [0.717, 1.165) is 43.4 Å². The van der Waals surface area contributed by atoms with Crippen LogP contribution in [0.1, 0.15) is 34.7 Å². The van der Waals surface area contributed by atoms with Gasteiger partial charge in [-0.2, -0.15) is 13.2 Å². The van der Waals surface area contributed by atoms with E-state index in [4.69, 9.17) is 0 Å². The standard InChI is InChI=1S/C21H20F3IN4OS2/c1-11-18(32-17(8-25)27-11)16-10-31-20(28-16)29-19(30)13-6-15(7-13)26-9-12-2-4-14(5-3-12)21(22,23)24/h2-5,10,13,15,26H,6-9H2,1H3,(H,28,29,30)/t13-,15+. The highest BCUT2D eigenvalue weighted by Crippen LogP contribution is 2.34. The maximum absolute atomic E-state index is 12.6. The summed E-state index contributed by atoms with van der Waals surface area (Å²) in [5, 5.41) is 9.78. The summed E-state index contributed by atoms with van der Waals surface area (Å²) < 4.78 is 38.8. The van der Waals surface area contributed by atoms with E-state index in [2.05, 4.69) is 43.2 Å². The Kier molecular flexibility index (Phi) is 7.18. The summed E-state index contributed by atoms with van der Waals surface area (Å²) in [5.74, 6) is -0.143. The van der Waals surface area contributed by atoms with Gasteiger partial charge in [0.15, 0.2) is 5.13 Å². The van der Waals surface area contributed by atoms with Gasteiger partial charge in [-0.1, -0.05) is 34.7 Å². The van der Waals surface area contributed by atoms with Gasteiger partial charge in [-0.05, 0) is 37.5 Å². The average Bonchev–Trinajstić information content (AvgIpc) is 3.32. The molecule has 1 aromatic carbocycles. The first-order valence-electron chi connectivity index (χ1n) is 9.91. The number of aryl methyl sites for hydroxylation is 1. The van der Waals surface area contributed by atoms with Gasteiger partial charge in [0.2, 0.25) is 5.91 Å². The molecule has 4 rings (SSSR count). The van der Waals surface area contributed by atoms with E-state index < -0.39 is 11.7 Å². The van der Waals surface area contributed by atoms with Crippen molar-refractivity contribution in [3.05, 3.63) is 51.5 Å². The van der Waals surface area contributed by atoms with Crippen molar-refractivity contribution in [3.63, 3.8) is 0 Å². The van der Waals surface area contributed by atoms with E-state index in [9.17, 15) is 18.0 Å². The lowest BCUT2D eigenvalue weighted by molar-refractivity contribution is -0.137. The highest BCUT2D eigenvalue weighted by atomic mass is 127. The van der Waals surface area contributed by atoms with Crippen molar-refractivity contribution in [1.82, 2.24) is 15.3 Å². The number of thiazole rings is 2. The average molecular weight is 592 g/mol. The van der Waals surface area contributed by atoms with E-state index in [-0.39, 0.29) is 17.9 Å². The fraction of sp³-hybridized carbons (Fsp3) is 0.381. The van der Waals surface area contributed by atoms with Crippen molar-refractivity contribution in [3.8, 4) is 10.6 Å². The van der Waals surface area contributed by atoms with E-state index in [1.165, 1.54) is 23.5 Å². The Morgan fingerprint density at radius 2 is 1.94 bits per heavy atom. The molecule has 170 valence electrons. The zero-order valence-electron chi connectivity index (χ0n) is 17.0. The number of alkyl halides is 4. The van der Waals surface area contributed by atoms with E-state index in [0.29, 0.717) is 24.5 Å². The summed E-state index contributed by atoms with van der Waals surface area (Å²) >= 11 is 5.30. The summed E-state index contributed by atoms with van der Waals surface area (Å²) in [6.45, 7) is 2.44. The largest absolute Gasteiger partial charge is 0.416 e. The van der Waals surface area contributed by atoms with E-state index >= 15 is 0 Å². The molecule has 0 atom stereocenters. The smallest absolute Gasteiger partial charge is 0.310 e. The zero-order chi connectivity index (χ0) is 22.9. The molecule has 2 N–H and O–H groups in total. The topological polar surface area (TPSA) is 66.9 Å². The summed E-state index contributed by atoms with van der Waals surface area (Å²) in [6, 6.07) is 5.31. The molecule has 1 fully saturated rings. The van der Waals surface area contributed by atoms with Crippen LogP contribution in [0.4, 0.5) is 18.3 Å². The molecule has 1 amide bonds. The second kappa shape index (κ2) is 9.74. The Labute approximate surface area is 205 Å². The number of carbonyl (C=O) groups excluding carboxylic acids is 1. The first kappa shape index (κ1) is 23.6. The summed E-state index contributed by atoms with van der Waals surface area (Å²) in [5.41, 5.74) is 1.92. The molecule has 2 heterocycles. The predicted molar refractivity (Wildman–Crippen MR) is 129 cm³/mol. The van der Waals surface area contributed by atoms with Crippen LogP contribution in [0.2, 0.25) is 0 Å². The minimum Gasteiger partial charge on any atom is -0.310 e. The molecule has 11 heteroatoms. The van der Waals surface area contributed by atoms with E-state index in [1.54, 1.807) is 11.3 Å². The maximum atomic E-state index is 12.6. The third-order valence-electron chi connectivity index (χ3n) is 5.31. The molecule has 2 aromatic heterocycles. The summed E-state index contributed by atoms with van der Waals surface area (Å²) in [4.78, 5) is 22.6. The van der Waals surface area contributed by atoms with Crippen molar-refractivity contribution in [2.24, 2.45) is 5.92 Å². The predicted octanol–water partition coefficient (Wildman–Crippen LogP) is 6.04. The second-order valence-corrected chi connectivity index (χ2v) is 10.3. The number of amides is 1. The van der Waals surface area contributed by atoms with E-state index in [1.807, 2.05) is 12.3 Å². The van der Waals surface area contributed by atoms with Crippen LogP contribution in [-0.4, -0.2) is 21.9 Å². The molecular weight excluding hydrogens is 572 g/mol. The molecule has 3 aromatic rings. The van der Waals surface area contributed by atoms with Gasteiger partial charge in [0.25, 0.3) is 0 Å². The highest BCUT2D eigenvalue weighted by Gasteiger charge is 2.34. The Balaban J connectivity index is 1.24. The fourth-order valence-corrected chi connectivity index (χ4v) is 5.75. The van der Waals surface area contributed by atoms with Gasteiger partial charge in [-0.25, -0.2) is 9.97 Å². The zero-order valence-corrected chi connectivity index (χ0v) is 20.8. The number of nitrogens with zero attached hydrogens (tertiary/aromatic N) is 2. The molecule has 1 saturated carbocycles. The minimum absolute atomic E-state index is 0.0487. The van der Waals surface area contributed by atoms with Crippen LogP contribution >= 0.6 is 45.3 Å². The molecule has 0 bridgehead atoms. The van der Waals surface area contributed by atoms with Crippen molar-refractivity contribution >= 4 is 56.3 Å². The molecule has 1 aliphatic carbocycles. The number of nitrogens with one attached hydrogen (secondary N) is 2. The Hall–Kier alpha value is -1.57. The fourth-order valence-electron chi connectivity index (χ4n) is 3.46. The normalized spacial score (nSPS) is 18.4. The van der Waals surface area contributed by atoms with Crippen LogP contribution in [0, 0.1) is 12.8 Å². The number of halogens is 4. The summed E-state index contributed by atoms with van der Waals surface area (Å²) in [6.07, 6.45) is -2.94. The minimum atomic E-state index is -4.32. The third-order valence-corrected chi connectivity index (χ3v) is 8.48. The van der Waals surface area contributed by atoms with Crippen LogP contribution in [0.25, 0.3) is 10.6 Å². The van der Waals surface area contributed by atoms with Gasteiger partial charge >= 0.3 is 6.18 Å². The molecule has 0 spiro atoms. The van der Waals surface area contributed by atoms with Crippen LogP contribution in [0.5, 0.6) is 0 Å². The molecular formula is C21H20F3IN4OS2. The van der Waals surface area contributed by atoms with Crippen LogP contribution < -0.4 is 10.6 Å². The maximum Gasteiger partial charge on any atom is 0.416 e. The number of hydrogen-bond acceptors (Lipinski definition) is 6. The number of aromatic nitrogens is 2. The Bertz CT molecular complexity index is 1090. The Morgan fingerprint density at radius 3 is 2.56 bits per heavy atom. The SMILES string of the molecule is Cc1nc(CI)sc1-c1csc(NC(=O)[C@H]2C[C@@H](NCc3ccc(C(F)(F)F)cc3)C2)n1. The monoisotopic (exact) mass is 592 g/mol. The molecule has 1 aliphatic rings. The van der Waals surface area contributed by atoms with Crippen LogP contribution in [0.15, 0.2) is 29.6 Å². The first-order chi connectivity index (χ1) is 15.2. The van der Waals surface area contributed by atoms with Gasteiger partial charge in [0.1, 0.15) is 5.01 Å². The van der Waals surface area contributed by atoms with Crippen molar-refractivity contribution < 1.29 is 18.0 Å². The van der Waals surface area contributed by atoms with Crippen LogP contribution in [0.3, 0.4) is 0 Å². The van der Waals surface area contributed by atoms with Gasteiger partial charge < -0.3 is 10.6 Å². The Morgan fingerprint density at radius 1 is 1.22 bits per heavy atom. The van der Waals surface area contributed by atoms with Crippen molar-refractivity contribution in [2.75, 3.05) is 5.32 Å². The molecule has 0 saturated heterocycles. The number of rotatable bonds is 7. The van der Waals surface area contributed by atoms with Crippen molar-refractivity contribution in [2.45, 2.75) is 43.0 Å². The first-order valence-corrected chi connectivity index (χ1v) is 13.1. The third kappa shape index (κ3) is 5.49.